The lowest BCUT2D eigenvalue weighted by molar-refractivity contribution is 0.626. The average Bonchev–Trinajstić information content (AvgIpc) is 2.51. The van der Waals surface area contributed by atoms with Crippen LogP contribution in [0.2, 0.25) is 5.02 Å². The molecule has 0 saturated carbocycles. The van der Waals surface area contributed by atoms with Gasteiger partial charge in [0.15, 0.2) is 0 Å². The van der Waals surface area contributed by atoms with Crippen molar-refractivity contribution in [2.45, 2.75) is 33.2 Å². The molecule has 0 spiro atoms. The number of halogens is 2. The van der Waals surface area contributed by atoms with Gasteiger partial charge in [0.25, 0.3) is 0 Å². The highest BCUT2D eigenvalue weighted by Crippen LogP contribution is 2.20. The fourth-order valence-electron chi connectivity index (χ4n) is 1.44. The second kappa shape index (κ2) is 6.33. The highest BCUT2D eigenvalue weighted by Gasteiger charge is 2.10. The Labute approximate surface area is 104 Å². The van der Waals surface area contributed by atoms with Crippen LogP contribution in [0.4, 0.5) is 0 Å². The summed E-state index contributed by atoms with van der Waals surface area (Å²) >= 11 is 9.57. The molecule has 0 unspecified atom stereocenters. The maximum atomic E-state index is 6.18. The molecule has 1 rings (SSSR count). The lowest BCUT2D eigenvalue weighted by Gasteiger charge is -2.01. The number of hydrogen-bond acceptors (Lipinski definition) is 1. The molecule has 0 aliphatic carbocycles. The predicted molar refractivity (Wildman–Crippen MR) is 68.9 cm³/mol. The lowest BCUT2D eigenvalue weighted by Crippen LogP contribution is -2.01. The van der Waals surface area contributed by atoms with Gasteiger partial charge < -0.3 is 0 Å². The molecular weight excluding hydrogens is 275 g/mol. The fourth-order valence-corrected chi connectivity index (χ4v) is 1.92. The van der Waals surface area contributed by atoms with Crippen LogP contribution in [0, 0.1) is 6.92 Å². The number of aryl methyl sites for hydroxylation is 2. The molecule has 4 heteroatoms. The van der Waals surface area contributed by atoms with Crippen molar-refractivity contribution in [3.63, 3.8) is 0 Å². The fraction of sp³-hybridized carbons (Fsp3) is 0.545. The van der Waals surface area contributed by atoms with E-state index in [-0.39, 0.29) is 0 Å². The Hall–Kier alpha value is -0.280. The standard InChI is InChI=1S/C11H16BrClN2/c1-3-15-10(7-5-4-6-8-12)11(13)9(2)14-15/h4-5H,3,6-8H2,1-2H3. The van der Waals surface area contributed by atoms with Crippen LogP contribution in [0.3, 0.4) is 0 Å². The first kappa shape index (κ1) is 12.8. The van der Waals surface area contributed by atoms with Crippen molar-refractivity contribution in [2.24, 2.45) is 0 Å². The first-order valence-corrected chi connectivity index (χ1v) is 6.63. The molecule has 2 nitrogen and oxygen atoms in total. The number of allylic oxidation sites excluding steroid dienone is 2. The van der Waals surface area contributed by atoms with E-state index >= 15 is 0 Å². The molecule has 84 valence electrons. The van der Waals surface area contributed by atoms with E-state index in [1.54, 1.807) is 0 Å². The maximum absolute atomic E-state index is 6.18. The number of aromatic nitrogens is 2. The lowest BCUT2D eigenvalue weighted by atomic mass is 10.2. The topological polar surface area (TPSA) is 17.8 Å². The summed E-state index contributed by atoms with van der Waals surface area (Å²) in [6.45, 7) is 4.89. The normalized spacial score (nSPS) is 11.5. The first-order chi connectivity index (χ1) is 7.20. The van der Waals surface area contributed by atoms with Crippen molar-refractivity contribution in [1.29, 1.82) is 0 Å². The summed E-state index contributed by atoms with van der Waals surface area (Å²) in [5.41, 5.74) is 2.03. The van der Waals surface area contributed by atoms with Crippen molar-refractivity contribution in [3.8, 4) is 0 Å². The van der Waals surface area contributed by atoms with Crippen LogP contribution in [-0.4, -0.2) is 15.1 Å². The molecule has 0 bridgehead atoms. The van der Waals surface area contributed by atoms with Crippen LogP contribution in [0.25, 0.3) is 0 Å². The third-order valence-electron chi connectivity index (χ3n) is 2.21. The predicted octanol–water partition coefficient (Wildman–Crippen LogP) is 3.75. The van der Waals surface area contributed by atoms with Crippen LogP contribution in [0.5, 0.6) is 0 Å². The Morgan fingerprint density at radius 3 is 2.80 bits per heavy atom. The molecular formula is C11H16BrClN2. The molecule has 0 aliphatic rings. The minimum absolute atomic E-state index is 0.806. The second-order valence-corrected chi connectivity index (χ2v) is 4.49. The van der Waals surface area contributed by atoms with Crippen molar-refractivity contribution in [3.05, 3.63) is 28.6 Å². The highest BCUT2D eigenvalue weighted by molar-refractivity contribution is 9.09. The van der Waals surface area contributed by atoms with E-state index in [0.29, 0.717) is 0 Å². The Kier molecular flexibility index (Phi) is 5.40. The van der Waals surface area contributed by atoms with Crippen molar-refractivity contribution < 1.29 is 0 Å². The molecule has 0 saturated heterocycles. The SMILES string of the molecule is CCn1nc(C)c(Cl)c1CC=CCCBr. The van der Waals surface area contributed by atoms with E-state index in [1.807, 2.05) is 11.6 Å². The summed E-state index contributed by atoms with van der Waals surface area (Å²) < 4.78 is 1.97. The van der Waals surface area contributed by atoms with E-state index in [0.717, 1.165) is 41.1 Å². The van der Waals surface area contributed by atoms with Crippen LogP contribution >= 0.6 is 27.5 Å². The number of nitrogens with zero attached hydrogens (tertiary/aromatic N) is 2. The van der Waals surface area contributed by atoms with Gasteiger partial charge in [0.05, 0.1) is 16.4 Å². The summed E-state index contributed by atoms with van der Waals surface area (Å²) in [5.74, 6) is 0. The quantitative estimate of drug-likeness (QED) is 0.597. The minimum Gasteiger partial charge on any atom is -0.268 e. The van der Waals surface area contributed by atoms with Crippen LogP contribution in [-0.2, 0) is 13.0 Å². The zero-order valence-corrected chi connectivity index (χ0v) is 11.5. The molecule has 0 N–H and O–H groups in total. The van der Waals surface area contributed by atoms with Crippen molar-refractivity contribution in [2.75, 3.05) is 5.33 Å². The number of rotatable bonds is 5. The molecule has 15 heavy (non-hydrogen) atoms. The van der Waals surface area contributed by atoms with Gasteiger partial charge in [0.2, 0.25) is 0 Å². The van der Waals surface area contributed by atoms with Gasteiger partial charge in [-0.3, -0.25) is 4.68 Å². The third-order valence-corrected chi connectivity index (χ3v) is 3.16. The minimum atomic E-state index is 0.806. The van der Waals surface area contributed by atoms with Gasteiger partial charge in [-0.1, -0.05) is 39.7 Å². The Morgan fingerprint density at radius 2 is 2.20 bits per heavy atom. The van der Waals surface area contributed by atoms with Crippen LogP contribution in [0.15, 0.2) is 12.2 Å². The van der Waals surface area contributed by atoms with E-state index in [9.17, 15) is 0 Å². The Morgan fingerprint density at radius 1 is 1.47 bits per heavy atom. The molecule has 0 aliphatic heterocycles. The van der Waals surface area contributed by atoms with E-state index in [4.69, 9.17) is 11.6 Å². The molecule has 0 fully saturated rings. The first-order valence-electron chi connectivity index (χ1n) is 5.13. The summed E-state index contributed by atoms with van der Waals surface area (Å²) in [4.78, 5) is 0. The smallest absolute Gasteiger partial charge is 0.0850 e. The molecule has 0 atom stereocenters. The zero-order chi connectivity index (χ0) is 11.3. The molecule has 0 amide bonds. The third kappa shape index (κ3) is 3.35. The molecule has 0 aromatic carbocycles. The van der Waals surface area contributed by atoms with Crippen LogP contribution in [0.1, 0.15) is 24.7 Å². The monoisotopic (exact) mass is 290 g/mol. The zero-order valence-electron chi connectivity index (χ0n) is 9.13. The summed E-state index contributed by atoms with van der Waals surface area (Å²) in [6, 6.07) is 0. The van der Waals surface area contributed by atoms with Gasteiger partial charge in [-0.2, -0.15) is 5.10 Å². The summed E-state index contributed by atoms with van der Waals surface area (Å²) in [7, 11) is 0. The van der Waals surface area contributed by atoms with Gasteiger partial charge in [-0.15, -0.1) is 0 Å². The maximum Gasteiger partial charge on any atom is 0.0850 e. The van der Waals surface area contributed by atoms with Gasteiger partial charge in [0, 0.05) is 18.3 Å². The molecule has 0 radical (unpaired) electrons. The van der Waals surface area contributed by atoms with Gasteiger partial charge >= 0.3 is 0 Å². The van der Waals surface area contributed by atoms with Gasteiger partial charge in [-0.05, 0) is 20.3 Å². The molecule has 1 heterocycles. The molecule has 1 aromatic rings. The largest absolute Gasteiger partial charge is 0.268 e. The second-order valence-electron chi connectivity index (χ2n) is 3.32. The average molecular weight is 292 g/mol. The van der Waals surface area contributed by atoms with Crippen molar-refractivity contribution >= 4 is 27.5 Å². The number of alkyl halides is 1. The summed E-state index contributed by atoms with van der Waals surface area (Å²) in [5, 5.41) is 6.18. The van der Waals surface area contributed by atoms with E-state index in [1.165, 1.54) is 0 Å². The Balaban J connectivity index is 2.74. The van der Waals surface area contributed by atoms with Gasteiger partial charge in [-0.25, -0.2) is 0 Å². The summed E-state index contributed by atoms with van der Waals surface area (Å²) in [6.07, 6.45) is 6.22. The van der Waals surface area contributed by atoms with Gasteiger partial charge in [0.1, 0.15) is 0 Å². The van der Waals surface area contributed by atoms with Crippen molar-refractivity contribution in [1.82, 2.24) is 9.78 Å². The van der Waals surface area contributed by atoms with Crippen LogP contribution < -0.4 is 0 Å². The van der Waals surface area contributed by atoms with E-state index < -0.39 is 0 Å². The Bertz CT molecular complexity index is 345. The molecule has 1 aromatic heterocycles. The number of hydrogen-bond donors (Lipinski definition) is 0. The van der Waals surface area contributed by atoms with E-state index in [2.05, 4.69) is 40.1 Å². The highest BCUT2D eigenvalue weighted by atomic mass is 79.9.